The van der Waals surface area contributed by atoms with Gasteiger partial charge in [-0.05, 0) is 23.6 Å². The zero-order chi connectivity index (χ0) is 21.2. The van der Waals surface area contributed by atoms with Crippen molar-refractivity contribution in [1.82, 2.24) is 4.90 Å². The molecule has 0 aliphatic heterocycles. The molecule has 3 aromatic rings. The van der Waals surface area contributed by atoms with Crippen LogP contribution in [0.1, 0.15) is 23.6 Å². The fourth-order valence-corrected chi connectivity index (χ4v) is 3.45. The molecule has 0 radical (unpaired) electrons. The first-order valence-corrected chi connectivity index (χ1v) is 10.2. The Bertz CT molecular complexity index is 842. The molecule has 0 aliphatic rings. The van der Waals surface area contributed by atoms with Crippen molar-refractivity contribution in [2.75, 3.05) is 7.11 Å². The molecule has 156 valence electrons. The van der Waals surface area contributed by atoms with Crippen molar-refractivity contribution in [3.05, 3.63) is 108 Å². The SMILES string of the molecule is COC(=O)C(OCc1ccccc1)C(C)N(Cc1ccccc1)Cc1ccccc1. The summed E-state index contributed by atoms with van der Waals surface area (Å²) in [5.41, 5.74) is 3.40. The summed E-state index contributed by atoms with van der Waals surface area (Å²) in [6.07, 6.45) is -0.692. The van der Waals surface area contributed by atoms with E-state index >= 15 is 0 Å². The van der Waals surface area contributed by atoms with Gasteiger partial charge in [-0.15, -0.1) is 0 Å². The quantitative estimate of drug-likeness (QED) is 0.454. The molecule has 4 nitrogen and oxygen atoms in total. The van der Waals surface area contributed by atoms with E-state index in [4.69, 9.17) is 9.47 Å². The minimum atomic E-state index is -0.692. The fourth-order valence-electron chi connectivity index (χ4n) is 3.45. The number of hydrogen-bond donors (Lipinski definition) is 0. The normalized spacial score (nSPS) is 13.0. The summed E-state index contributed by atoms with van der Waals surface area (Å²) in [4.78, 5) is 14.9. The van der Waals surface area contributed by atoms with E-state index < -0.39 is 6.10 Å². The predicted molar refractivity (Wildman–Crippen MR) is 119 cm³/mol. The summed E-state index contributed by atoms with van der Waals surface area (Å²) in [5, 5.41) is 0. The number of ether oxygens (including phenoxy) is 2. The van der Waals surface area contributed by atoms with Crippen LogP contribution in [0.3, 0.4) is 0 Å². The molecule has 0 bridgehead atoms. The van der Waals surface area contributed by atoms with E-state index in [1.54, 1.807) is 0 Å². The van der Waals surface area contributed by atoms with Crippen molar-refractivity contribution in [3.8, 4) is 0 Å². The summed E-state index contributed by atoms with van der Waals surface area (Å²) in [7, 11) is 1.41. The van der Waals surface area contributed by atoms with Gasteiger partial charge >= 0.3 is 5.97 Å². The molecule has 0 saturated heterocycles. The van der Waals surface area contributed by atoms with Crippen molar-refractivity contribution >= 4 is 5.97 Å². The monoisotopic (exact) mass is 403 g/mol. The molecule has 0 amide bonds. The smallest absolute Gasteiger partial charge is 0.336 e. The molecule has 3 aromatic carbocycles. The lowest BCUT2D eigenvalue weighted by molar-refractivity contribution is -0.160. The van der Waals surface area contributed by atoms with Crippen LogP contribution in [0.4, 0.5) is 0 Å². The van der Waals surface area contributed by atoms with Crippen LogP contribution in [0.15, 0.2) is 91.0 Å². The molecule has 0 spiro atoms. The number of benzene rings is 3. The maximum atomic E-state index is 12.6. The highest BCUT2D eigenvalue weighted by Crippen LogP contribution is 2.19. The average Bonchev–Trinajstić information content (AvgIpc) is 2.80. The van der Waals surface area contributed by atoms with Gasteiger partial charge in [-0.2, -0.15) is 0 Å². The van der Waals surface area contributed by atoms with E-state index in [-0.39, 0.29) is 12.0 Å². The molecule has 2 atom stereocenters. The molecule has 0 N–H and O–H groups in total. The Labute approximate surface area is 179 Å². The third kappa shape index (κ3) is 6.28. The number of carbonyl (C=O) groups is 1. The molecule has 3 rings (SSSR count). The second kappa shape index (κ2) is 11.3. The molecule has 0 aromatic heterocycles. The summed E-state index contributed by atoms with van der Waals surface area (Å²) in [6.45, 7) is 3.80. The lowest BCUT2D eigenvalue weighted by atomic mass is 10.1. The molecule has 0 fully saturated rings. The second-order valence-electron chi connectivity index (χ2n) is 7.36. The van der Waals surface area contributed by atoms with Gasteiger partial charge in [0.05, 0.1) is 13.7 Å². The van der Waals surface area contributed by atoms with E-state index in [1.165, 1.54) is 18.2 Å². The van der Waals surface area contributed by atoms with E-state index in [1.807, 2.05) is 73.7 Å². The Kier molecular flexibility index (Phi) is 8.19. The molecule has 0 saturated carbocycles. The number of carbonyl (C=O) groups excluding carboxylic acids is 1. The Morgan fingerprint density at radius 1 is 0.767 bits per heavy atom. The highest BCUT2D eigenvalue weighted by molar-refractivity contribution is 5.75. The van der Waals surface area contributed by atoms with Crippen LogP contribution in [-0.4, -0.2) is 30.1 Å². The van der Waals surface area contributed by atoms with Gasteiger partial charge in [0.25, 0.3) is 0 Å². The van der Waals surface area contributed by atoms with Gasteiger partial charge in [-0.1, -0.05) is 91.0 Å². The van der Waals surface area contributed by atoms with E-state index in [2.05, 4.69) is 29.2 Å². The minimum Gasteiger partial charge on any atom is -0.467 e. The second-order valence-corrected chi connectivity index (χ2v) is 7.36. The summed E-state index contributed by atoms with van der Waals surface area (Å²) >= 11 is 0. The largest absolute Gasteiger partial charge is 0.467 e. The van der Waals surface area contributed by atoms with Crippen molar-refractivity contribution < 1.29 is 14.3 Å². The van der Waals surface area contributed by atoms with Crippen molar-refractivity contribution in [1.29, 1.82) is 0 Å². The van der Waals surface area contributed by atoms with Gasteiger partial charge in [-0.25, -0.2) is 4.79 Å². The van der Waals surface area contributed by atoms with Crippen LogP contribution in [0.5, 0.6) is 0 Å². The van der Waals surface area contributed by atoms with Gasteiger partial charge in [0, 0.05) is 19.1 Å². The lowest BCUT2D eigenvalue weighted by Gasteiger charge is -2.33. The van der Waals surface area contributed by atoms with Crippen LogP contribution in [0.25, 0.3) is 0 Å². The third-order valence-electron chi connectivity index (χ3n) is 5.18. The maximum Gasteiger partial charge on any atom is 0.336 e. The topological polar surface area (TPSA) is 38.8 Å². The van der Waals surface area contributed by atoms with Crippen LogP contribution >= 0.6 is 0 Å². The Balaban J connectivity index is 1.80. The van der Waals surface area contributed by atoms with Crippen molar-refractivity contribution in [3.63, 3.8) is 0 Å². The molecule has 0 aliphatic carbocycles. The summed E-state index contributed by atoms with van der Waals surface area (Å²) in [6, 6.07) is 30.2. The lowest BCUT2D eigenvalue weighted by Crippen LogP contribution is -2.46. The predicted octanol–water partition coefficient (Wildman–Crippen LogP) is 4.84. The van der Waals surface area contributed by atoms with E-state index in [0.29, 0.717) is 19.7 Å². The van der Waals surface area contributed by atoms with Crippen LogP contribution < -0.4 is 0 Å². The zero-order valence-electron chi connectivity index (χ0n) is 17.6. The molecule has 2 unspecified atom stereocenters. The van der Waals surface area contributed by atoms with Crippen LogP contribution in [0, 0.1) is 0 Å². The number of rotatable bonds is 10. The fraction of sp³-hybridized carbons (Fsp3) is 0.269. The number of esters is 1. The maximum absolute atomic E-state index is 12.6. The highest BCUT2D eigenvalue weighted by Gasteiger charge is 2.31. The molecular formula is C26H29NO3. The Hall–Kier alpha value is -2.95. The average molecular weight is 404 g/mol. The molecule has 4 heteroatoms. The minimum absolute atomic E-state index is 0.179. The van der Waals surface area contributed by atoms with Gasteiger partial charge in [0.15, 0.2) is 6.10 Å². The molecule has 0 heterocycles. The number of nitrogens with zero attached hydrogens (tertiary/aromatic N) is 1. The highest BCUT2D eigenvalue weighted by atomic mass is 16.6. The van der Waals surface area contributed by atoms with Crippen molar-refractivity contribution in [2.24, 2.45) is 0 Å². The van der Waals surface area contributed by atoms with Crippen LogP contribution in [0.2, 0.25) is 0 Å². The van der Waals surface area contributed by atoms with Crippen molar-refractivity contribution in [2.45, 2.75) is 38.8 Å². The third-order valence-corrected chi connectivity index (χ3v) is 5.18. The molecular weight excluding hydrogens is 374 g/mol. The molecule has 30 heavy (non-hydrogen) atoms. The summed E-state index contributed by atoms with van der Waals surface area (Å²) < 4.78 is 11.2. The van der Waals surface area contributed by atoms with E-state index in [0.717, 1.165) is 5.56 Å². The van der Waals surface area contributed by atoms with Gasteiger partial charge < -0.3 is 9.47 Å². The first-order chi connectivity index (χ1) is 14.7. The Morgan fingerprint density at radius 3 is 1.63 bits per heavy atom. The standard InChI is InChI=1S/C26H29NO3/c1-21(25(26(28)29-2)30-20-24-16-10-5-11-17-24)27(18-22-12-6-3-7-13-22)19-23-14-8-4-9-15-23/h3-17,21,25H,18-20H2,1-2H3. The first kappa shape index (κ1) is 21.8. The van der Waals surface area contributed by atoms with Gasteiger partial charge in [0.1, 0.15) is 0 Å². The number of methoxy groups -OCH3 is 1. The number of hydrogen-bond acceptors (Lipinski definition) is 4. The van der Waals surface area contributed by atoms with Gasteiger partial charge in [0.2, 0.25) is 0 Å². The Morgan fingerprint density at radius 2 is 1.20 bits per heavy atom. The summed E-state index contributed by atoms with van der Waals surface area (Å²) in [5.74, 6) is -0.357. The van der Waals surface area contributed by atoms with Crippen LogP contribution in [-0.2, 0) is 34.0 Å². The zero-order valence-corrected chi connectivity index (χ0v) is 17.6. The van der Waals surface area contributed by atoms with Gasteiger partial charge in [-0.3, -0.25) is 4.90 Å². The van der Waals surface area contributed by atoms with E-state index in [9.17, 15) is 4.79 Å². The first-order valence-electron chi connectivity index (χ1n) is 10.2.